The zero-order valence-electron chi connectivity index (χ0n) is 20.9. The van der Waals surface area contributed by atoms with E-state index in [0.29, 0.717) is 24.6 Å². The van der Waals surface area contributed by atoms with Crippen LogP contribution >= 0.6 is 15.9 Å². The molecule has 2 rings (SSSR count). The number of rotatable bonds is 9. The van der Waals surface area contributed by atoms with Crippen molar-refractivity contribution >= 4 is 27.7 Å². The lowest BCUT2D eigenvalue weighted by molar-refractivity contribution is -0.143. The SMILES string of the molecule is CC[C@@H](C(=O)NC(C)(C)C)N(Cc1ccccc1C)C(=O)COc1ccc(C(C)C)cc1Br. The van der Waals surface area contributed by atoms with E-state index in [1.165, 1.54) is 5.56 Å². The van der Waals surface area contributed by atoms with Crippen molar-refractivity contribution in [2.45, 2.75) is 78.9 Å². The van der Waals surface area contributed by atoms with Crippen molar-refractivity contribution < 1.29 is 14.3 Å². The Hall–Kier alpha value is -2.34. The van der Waals surface area contributed by atoms with Crippen LogP contribution in [0.1, 0.15) is 70.6 Å². The van der Waals surface area contributed by atoms with Gasteiger partial charge in [-0.3, -0.25) is 9.59 Å². The van der Waals surface area contributed by atoms with Crippen molar-refractivity contribution in [1.29, 1.82) is 0 Å². The normalized spacial score (nSPS) is 12.4. The summed E-state index contributed by atoms with van der Waals surface area (Å²) < 4.78 is 6.70. The van der Waals surface area contributed by atoms with E-state index in [9.17, 15) is 9.59 Å². The first kappa shape index (κ1) is 26.9. The van der Waals surface area contributed by atoms with Crippen molar-refractivity contribution in [1.82, 2.24) is 10.2 Å². The third-order valence-electron chi connectivity index (χ3n) is 5.46. The van der Waals surface area contributed by atoms with E-state index in [1.54, 1.807) is 4.90 Å². The van der Waals surface area contributed by atoms with Gasteiger partial charge in [0.25, 0.3) is 5.91 Å². The predicted octanol–water partition coefficient (Wildman–Crippen LogP) is 5.98. The fourth-order valence-electron chi connectivity index (χ4n) is 3.56. The van der Waals surface area contributed by atoms with Crippen molar-refractivity contribution in [3.8, 4) is 5.75 Å². The fourth-order valence-corrected chi connectivity index (χ4v) is 4.07. The monoisotopic (exact) mass is 516 g/mol. The van der Waals surface area contributed by atoms with Crippen LogP contribution in [0.3, 0.4) is 0 Å². The van der Waals surface area contributed by atoms with Gasteiger partial charge >= 0.3 is 0 Å². The molecule has 0 fully saturated rings. The van der Waals surface area contributed by atoms with Crippen LogP contribution in [0.4, 0.5) is 0 Å². The summed E-state index contributed by atoms with van der Waals surface area (Å²) in [6, 6.07) is 13.2. The molecule has 2 aromatic carbocycles. The molecule has 180 valence electrons. The number of hydrogen-bond acceptors (Lipinski definition) is 3. The number of halogens is 1. The summed E-state index contributed by atoms with van der Waals surface area (Å²) >= 11 is 3.55. The lowest BCUT2D eigenvalue weighted by atomic mass is 10.0. The van der Waals surface area contributed by atoms with Crippen LogP contribution in [0.2, 0.25) is 0 Å². The number of benzene rings is 2. The van der Waals surface area contributed by atoms with Crippen LogP contribution in [-0.4, -0.2) is 34.9 Å². The molecule has 0 aromatic heterocycles. The number of carbonyl (C=O) groups excluding carboxylic acids is 2. The van der Waals surface area contributed by atoms with Gasteiger partial charge < -0.3 is 15.0 Å². The lowest BCUT2D eigenvalue weighted by Crippen LogP contribution is -2.54. The minimum absolute atomic E-state index is 0.148. The highest BCUT2D eigenvalue weighted by molar-refractivity contribution is 9.10. The molecular formula is C27H37BrN2O3. The summed E-state index contributed by atoms with van der Waals surface area (Å²) in [4.78, 5) is 28.1. The highest BCUT2D eigenvalue weighted by Gasteiger charge is 2.31. The number of nitrogens with zero attached hydrogens (tertiary/aromatic N) is 1. The van der Waals surface area contributed by atoms with E-state index >= 15 is 0 Å². The van der Waals surface area contributed by atoms with Gasteiger partial charge in [0.2, 0.25) is 5.91 Å². The van der Waals surface area contributed by atoms with Crippen LogP contribution in [0.5, 0.6) is 5.75 Å². The maximum absolute atomic E-state index is 13.4. The molecule has 0 aliphatic carbocycles. The Kier molecular flexibility index (Phi) is 9.53. The Bertz CT molecular complexity index is 966. The molecule has 0 spiro atoms. The molecule has 0 aliphatic heterocycles. The molecule has 33 heavy (non-hydrogen) atoms. The highest BCUT2D eigenvalue weighted by Crippen LogP contribution is 2.29. The fraction of sp³-hybridized carbons (Fsp3) is 0.481. The van der Waals surface area contributed by atoms with E-state index in [2.05, 4.69) is 35.1 Å². The molecule has 0 radical (unpaired) electrons. The Labute approximate surface area is 207 Å². The second kappa shape index (κ2) is 11.7. The van der Waals surface area contributed by atoms with E-state index in [-0.39, 0.29) is 24.0 Å². The van der Waals surface area contributed by atoms with Crippen LogP contribution < -0.4 is 10.1 Å². The Morgan fingerprint density at radius 3 is 2.33 bits per heavy atom. The van der Waals surface area contributed by atoms with Crippen molar-refractivity contribution in [3.63, 3.8) is 0 Å². The maximum Gasteiger partial charge on any atom is 0.261 e. The van der Waals surface area contributed by atoms with Gasteiger partial charge in [-0.25, -0.2) is 0 Å². The lowest BCUT2D eigenvalue weighted by Gasteiger charge is -2.33. The molecular weight excluding hydrogens is 480 g/mol. The van der Waals surface area contributed by atoms with E-state index < -0.39 is 6.04 Å². The summed E-state index contributed by atoms with van der Waals surface area (Å²) in [5.74, 6) is 0.618. The number of ether oxygens (including phenoxy) is 1. The standard InChI is InChI=1S/C27H37BrN2O3/c1-8-23(26(32)29-27(5,6)7)30(16-21-12-10-9-11-19(21)4)25(31)17-33-24-14-13-20(18(2)3)15-22(24)28/h9-15,18,23H,8,16-17H2,1-7H3,(H,29,32)/t23-/m0/s1. The summed E-state index contributed by atoms with van der Waals surface area (Å²) in [7, 11) is 0. The number of aryl methyl sites for hydroxylation is 1. The van der Waals surface area contributed by atoms with Crippen molar-refractivity contribution in [2.24, 2.45) is 0 Å². The molecule has 0 bridgehead atoms. The van der Waals surface area contributed by atoms with Gasteiger partial charge in [0.1, 0.15) is 11.8 Å². The predicted molar refractivity (Wildman–Crippen MR) is 137 cm³/mol. The van der Waals surface area contributed by atoms with Gasteiger partial charge in [-0.05, 0) is 84.8 Å². The molecule has 2 amide bonds. The van der Waals surface area contributed by atoms with Gasteiger partial charge in [0.15, 0.2) is 6.61 Å². The van der Waals surface area contributed by atoms with Crippen LogP contribution in [0.15, 0.2) is 46.9 Å². The van der Waals surface area contributed by atoms with Crippen molar-refractivity contribution in [3.05, 3.63) is 63.6 Å². The highest BCUT2D eigenvalue weighted by atomic mass is 79.9. The summed E-state index contributed by atoms with van der Waals surface area (Å²) in [5.41, 5.74) is 2.89. The molecule has 5 nitrogen and oxygen atoms in total. The minimum atomic E-state index is -0.591. The number of nitrogens with one attached hydrogen (secondary N) is 1. The van der Waals surface area contributed by atoms with Gasteiger partial charge in [0.05, 0.1) is 4.47 Å². The number of amides is 2. The summed E-state index contributed by atoms with van der Waals surface area (Å²) in [6.45, 7) is 14.2. The maximum atomic E-state index is 13.4. The Balaban J connectivity index is 2.27. The van der Waals surface area contributed by atoms with Crippen molar-refractivity contribution in [2.75, 3.05) is 6.61 Å². The first-order chi connectivity index (χ1) is 15.4. The average Bonchev–Trinajstić information content (AvgIpc) is 2.72. The van der Waals surface area contributed by atoms with Gasteiger partial charge in [0, 0.05) is 12.1 Å². The molecule has 0 saturated heterocycles. The number of carbonyl (C=O) groups is 2. The zero-order chi connectivity index (χ0) is 24.8. The topological polar surface area (TPSA) is 58.6 Å². The molecule has 0 aliphatic rings. The second-order valence-corrected chi connectivity index (χ2v) is 10.6. The van der Waals surface area contributed by atoms with Crippen LogP contribution in [-0.2, 0) is 16.1 Å². The molecule has 0 unspecified atom stereocenters. The van der Waals surface area contributed by atoms with Crippen LogP contribution in [0.25, 0.3) is 0 Å². The molecule has 6 heteroatoms. The molecule has 2 aromatic rings. The smallest absolute Gasteiger partial charge is 0.261 e. The molecule has 1 N–H and O–H groups in total. The molecule has 1 atom stereocenters. The molecule has 0 heterocycles. The number of hydrogen-bond donors (Lipinski definition) is 1. The minimum Gasteiger partial charge on any atom is -0.483 e. The Morgan fingerprint density at radius 1 is 1.12 bits per heavy atom. The molecule has 0 saturated carbocycles. The third-order valence-corrected chi connectivity index (χ3v) is 6.08. The van der Waals surface area contributed by atoms with E-state index in [0.717, 1.165) is 15.6 Å². The zero-order valence-corrected chi connectivity index (χ0v) is 22.5. The summed E-state index contributed by atoms with van der Waals surface area (Å²) in [5, 5.41) is 3.02. The first-order valence-electron chi connectivity index (χ1n) is 11.5. The quantitative estimate of drug-likeness (QED) is 0.445. The second-order valence-electron chi connectivity index (χ2n) is 9.74. The van der Waals surface area contributed by atoms with E-state index in [1.807, 2.05) is 77.1 Å². The van der Waals surface area contributed by atoms with Gasteiger partial charge in [-0.1, -0.05) is 51.1 Å². The first-order valence-corrected chi connectivity index (χ1v) is 12.3. The van der Waals surface area contributed by atoms with Crippen LogP contribution in [0, 0.1) is 6.92 Å². The van der Waals surface area contributed by atoms with Gasteiger partial charge in [-0.2, -0.15) is 0 Å². The largest absolute Gasteiger partial charge is 0.483 e. The Morgan fingerprint density at radius 2 is 1.79 bits per heavy atom. The van der Waals surface area contributed by atoms with Gasteiger partial charge in [-0.15, -0.1) is 0 Å². The average molecular weight is 518 g/mol. The van der Waals surface area contributed by atoms with E-state index in [4.69, 9.17) is 4.74 Å². The summed E-state index contributed by atoms with van der Waals surface area (Å²) in [6.07, 6.45) is 0.506. The third kappa shape index (κ3) is 7.88.